The highest BCUT2D eigenvalue weighted by molar-refractivity contribution is 5.00. The molecule has 0 spiro atoms. The number of ether oxygens (including phenoxy) is 6. The van der Waals surface area contributed by atoms with Crippen LogP contribution >= 0.6 is 0 Å². The summed E-state index contributed by atoms with van der Waals surface area (Å²) in [7, 11) is 0. The van der Waals surface area contributed by atoms with Gasteiger partial charge >= 0.3 is 12.4 Å². The molecule has 3 fully saturated rings. The Morgan fingerprint density at radius 3 is 1.85 bits per heavy atom. The van der Waals surface area contributed by atoms with Crippen LogP contribution in [0.25, 0.3) is 0 Å². The number of halogens is 6. The van der Waals surface area contributed by atoms with E-state index in [4.69, 9.17) is 23.7 Å². The topological polar surface area (TPSA) is 55.4 Å². The summed E-state index contributed by atoms with van der Waals surface area (Å²) in [6.07, 6.45) is -21.3. The summed E-state index contributed by atoms with van der Waals surface area (Å²) in [4.78, 5) is 0. The lowest BCUT2D eigenvalue weighted by Gasteiger charge is -2.29. The van der Waals surface area contributed by atoms with Crippen LogP contribution in [0.15, 0.2) is 0 Å². The van der Waals surface area contributed by atoms with E-state index in [0.29, 0.717) is 0 Å². The molecule has 3 aliphatic rings. The van der Waals surface area contributed by atoms with Gasteiger partial charge in [-0.05, 0) is 27.7 Å². The molecule has 0 saturated carbocycles. The van der Waals surface area contributed by atoms with E-state index in [-0.39, 0.29) is 6.61 Å². The smallest absolute Gasteiger partial charge is 0.348 e. The SMILES string of the molecule is CC1(C)O[C@@H]2[C@H](O1)[C@@H](OC(C(F)(F)F)C(F)(F)F)O[C@@H]2[C@@H]1COC(C)(C)O1. The first-order chi connectivity index (χ1) is 12.1. The molecular weight excluding hydrogens is 390 g/mol. The van der Waals surface area contributed by atoms with Crippen LogP contribution < -0.4 is 0 Å². The van der Waals surface area contributed by atoms with Gasteiger partial charge in [0.2, 0.25) is 0 Å². The Bertz CT molecular complexity index is 548. The molecule has 0 radical (unpaired) electrons. The Labute approximate surface area is 151 Å². The maximum absolute atomic E-state index is 12.8. The van der Waals surface area contributed by atoms with Gasteiger partial charge in [0.1, 0.15) is 24.4 Å². The zero-order chi connectivity index (χ0) is 20.4. The fourth-order valence-electron chi connectivity index (χ4n) is 3.35. The molecule has 0 amide bonds. The summed E-state index contributed by atoms with van der Waals surface area (Å²) in [5.74, 6) is -2.21. The fourth-order valence-corrected chi connectivity index (χ4v) is 3.35. The van der Waals surface area contributed by atoms with Crippen LogP contribution in [0.3, 0.4) is 0 Å². The predicted octanol–water partition coefficient (Wildman–Crippen LogP) is 2.89. The largest absolute Gasteiger partial charge is 0.423 e. The van der Waals surface area contributed by atoms with Crippen LogP contribution in [0.4, 0.5) is 26.3 Å². The van der Waals surface area contributed by atoms with E-state index in [2.05, 4.69) is 4.74 Å². The van der Waals surface area contributed by atoms with Crippen molar-refractivity contribution >= 4 is 0 Å². The molecule has 0 unspecified atom stereocenters. The number of rotatable bonds is 3. The molecule has 0 N–H and O–H groups in total. The van der Waals surface area contributed by atoms with Gasteiger partial charge in [0.05, 0.1) is 6.61 Å². The minimum atomic E-state index is -5.67. The molecule has 5 atom stereocenters. The molecule has 6 nitrogen and oxygen atoms in total. The number of hydrogen-bond acceptors (Lipinski definition) is 6. The molecular formula is C15H20F6O6. The molecule has 3 saturated heterocycles. The van der Waals surface area contributed by atoms with E-state index in [1.165, 1.54) is 13.8 Å². The lowest BCUT2D eigenvalue weighted by atomic mass is 10.1. The van der Waals surface area contributed by atoms with E-state index in [0.717, 1.165) is 0 Å². The first kappa shape index (κ1) is 21.1. The van der Waals surface area contributed by atoms with Crippen LogP contribution in [-0.2, 0) is 28.4 Å². The lowest BCUT2D eigenvalue weighted by molar-refractivity contribution is -0.362. The highest BCUT2D eigenvalue weighted by Gasteiger charge is 2.64. The minimum Gasteiger partial charge on any atom is -0.348 e. The Kier molecular flexibility index (Phi) is 5.01. The van der Waals surface area contributed by atoms with Crippen molar-refractivity contribution in [1.29, 1.82) is 0 Å². The Morgan fingerprint density at radius 1 is 0.815 bits per heavy atom. The van der Waals surface area contributed by atoms with Crippen molar-refractivity contribution in [1.82, 2.24) is 0 Å². The molecule has 0 aliphatic carbocycles. The van der Waals surface area contributed by atoms with Gasteiger partial charge in [0, 0.05) is 0 Å². The summed E-state index contributed by atoms with van der Waals surface area (Å²) < 4.78 is 109. The monoisotopic (exact) mass is 410 g/mol. The van der Waals surface area contributed by atoms with Crippen molar-refractivity contribution in [2.45, 2.75) is 88.4 Å². The van der Waals surface area contributed by atoms with Crippen molar-refractivity contribution in [3.8, 4) is 0 Å². The molecule has 0 aromatic heterocycles. The molecule has 0 bridgehead atoms. The summed E-state index contributed by atoms with van der Waals surface area (Å²) in [6.45, 7) is 6.24. The van der Waals surface area contributed by atoms with Gasteiger partial charge in [-0.1, -0.05) is 0 Å². The van der Waals surface area contributed by atoms with Crippen LogP contribution in [0.5, 0.6) is 0 Å². The van der Waals surface area contributed by atoms with Gasteiger partial charge in [-0.2, -0.15) is 26.3 Å². The molecule has 12 heteroatoms. The standard InChI is InChI=1S/C15H20F6O6/c1-12(2)22-5-6(25-12)7-8-9(27-13(3,4)26-8)10(23-7)24-11(14(16,17)18)15(19,20)21/h6-11H,5H2,1-4H3/t6-,7+,8-,9-,10+/m0/s1. The second-order valence-electron chi connectivity index (χ2n) is 7.50. The fraction of sp³-hybridized carbons (Fsp3) is 1.00. The highest BCUT2D eigenvalue weighted by Crippen LogP contribution is 2.45. The maximum atomic E-state index is 12.8. The Balaban J connectivity index is 1.81. The molecule has 0 aromatic rings. The first-order valence-corrected chi connectivity index (χ1v) is 8.21. The molecule has 0 aromatic carbocycles. The van der Waals surface area contributed by atoms with Gasteiger partial charge in [0.25, 0.3) is 6.10 Å². The van der Waals surface area contributed by atoms with E-state index in [9.17, 15) is 26.3 Å². The van der Waals surface area contributed by atoms with Crippen molar-refractivity contribution in [2.24, 2.45) is 0 Å². The van der Waals surface area contributed by atoms with Crippen molar-refractivity contribution < 1.29 is 54.8 Å². The summed E-state index contributed by atoms with van der Waals surface area (Å²) in [5, 5.41) is 0. The van der Waals surface area contributed by atoms with Gasteiger partial charge in [-0.3, -0.25) is 0 Å². The molecule has 27 heavy (non-hydrogen) atoms. The Morgan fingerprint density at radius 2 is 1.37 bits per heavy atom. The third-order valence-corrected chi connectivity index (χ3v) is 4.31. The molecule has 3 heterocycles. The second-order valence-corrected chi connectivity index (χ2v) is 7.50. The number of fused-ring (bicyclic) bond motifs is 1. The van der Waals surface area contributed by atoms with Crippen LogP contribution in [0.1, 0.15) is 27.7 Å². The zero-order valence-electron chi connectivity index (χ0n) is 14.9. The predicted molar refractivity (Wildman–Crippen MR) is 74.4 cm³/mol. The lowest BCUT2D eigenvalue weighted by Crippen LogP contribution is -2.48. The van der Waals surface area contributed by atoms with E-state index < -0.39 is 60.7 Å². The normalized spacial score (nSPS) is 38.6. The van der Waals surface area contributed by atoms with Gasteiger partial charge in [-0.15, -0.1) is 0 Å². The third kappa shape index (κ3) is 4.35. The summed E-state index contributed by atoms with van der Waals surface area (Å²) >= 11 is 0. The molecule has 3 aliphatic heterocycles. The summed E-state index contributed by atoms with van der Waals surface area (Å²) in [6, 6.07) is 0. The average molecular weight is 410 g/mol. The quantitative estimate of drug-likeness (QED) is 0.667. The van der Waals surface area contributed by atoms with Gasteiger partial charge in [0.15, 0.2) is 17.9 Å². The maximum Gasteiger partial charge on any atom is 0.423 e. The number of hydrogen-bond donors (Lipinski definition) is 0. The second kappa shape index (κ2) is 6.42. The van der Waals surface area contributed by atoms with Gasteiger partial charge < -0.3 is 28.4 Å². The minimum absolute atomic E-state index is 0.0271. The zero-order valence-corrected chi connectivity index (χ0v) is 14.9. The molecule has 158 valence electrons. The highest BCUT2D eigenvalue weighted by atomic mass is 19.4. The number of alkyl halides is 6. The first-order valence-electron chi connectivity index (χ1n) is 8.21. The van der Waals surface area contributed by atoms with Crippen molar-refractivity contribution in [3.05, 3.63) is 0 Å². The summed E-state index contributed by atoms with van der Waals surface area (Å²) in [5.41, 5.74) is 0. The van der Waals surface area contributed by atoms with E-state index in [1.54, 1.807) is 13.8 Å². The van der Waals surface area contributed by atoms with E-state index >= 15 is 0 Å². The van der Waals surface area contributed by atoms with Crippen molar-refractivity contribution in [2.75, 3.05) is 6.61 Å². The van der Waals surface area contributed by atoms with Gasteiger partial charge in [-0.25, -0.2) is 0 Å². The van der Waals surface area contributed by atoms with Crippen LogP contribution in [0, 0.1) is 0 Å². The van der Waals surface area contributed by atoms with Crippen LogP contribution in [0.2, 0.25) is 0 Å². The molecule has 3 rings (SSSR count). The Hall–Kier alpha value is -0.660. The third-order valence-electron chi connectivity index (χ3n) is 4.31. The van der Waals surface area contributed by atoms with E-state index in [1.807, 2.05) is 0 Å². The average Bonchev–Trinajstić information content (AvgIpc) is 3.04. The van der Waals surface area contributed by atoms with Crippen molar-refractivity contribution in [3.63, 3.8) is 0 Å². The van der Waals surface area contributed by atoms with Crippen LogP contribution in [-0.4, -0.2) is 67.3 Å².